The molecule has 8 nitrogen and oxygen atoms in total. The molecule has 2 atom stereocenters. The minimum Gasteiger partial charge on any atom is -0.378 e. The Morgan fingerprint density at radius 3 is 2.45 bits per heavy atom. The largest absolute Gasteiger partial charge is 0.378 e. The van der Waals surface area contributed by atoms with Crippen LogP contribution in [-0.4, -0.2) is 85.8 Å². The van der Waals surface area contributed by atoms with Gasteiger partial charge in [0.15, 0.2) is 0 Å². The molecule has 1 amide bonds. The monoisotopic (exact) mass is 402 g/mol. The van der Waals surface area contributed by atoms with E-state index in [0.717, 1.165) is 82.9 Å². The molecule has 3 fully saturated rings. The van der Waals surface area contributed by atoms with Gasteiger partial charge in [0.05, 0.1) is 19.8 Å². The summed E-state index contributed by atoms with van der Waals surface area (Å²) in [5, 5.41) is 3.25. The molecule has 160 valence electrons. The minimum atomic E-state index is 0.175. The van der Waals surface area contributed by atoms with Gasteiger partial charge in [-0.3, -0.25) is 9.69 Å². The molecule has 0 aromatic carbocycles. The molecule has 29 heavy (non-hydrogen) atoms. The number of carbonyl (C=O) groups excluding carboxylic acids is 1. The minimum absolute atomic E-state index is 0.175. The normalized spacial score (nSPS) is 26.4. The lowest BCUT2D eigenvalue weighted by Crippen LogP contribution is -2.51. The molecular weight excluding hydrogens is 368 g/mol. The average molecular weight is 403 g/mol. The number of hydrogen-bond acceptors (Lipinski definition) is 7. The van der Waals surface area contributed by atoms with Crippen LogP contribution in [-0.2, 0) is 9.53 Å². The average Bonchev–Trinajstić information content (AvgIpc) is 2.75. The zero-order chi connectivity index (χ0) is 20.1. The van der Waals surface area contributed by atoms with Crippen molar-refractivity contribution >= 4 is 17.5 Å². The van der Waals surface area contributed by atoms with Crippen LogP contribution in [0.2, 0.25) is 0 Å². The second kappa shape index (κ2) is 9.71. The van der Waals surface area contributed by atoms with E-state index in [2.05, 4.69) is 43.0 Å². The number of amides is 1. The predicted molar refractivity (Wildman–Crippen MR) is 113 cm³/mol. The van der Waals surface area contributed by atoms with E-state index in [1.807, 2.05) is 0 Å². The third-order valence-electron chi connectivity index (χ3n) is 6.34. The number of rotatable bonds is 5. The molecule has 2 aliphatic heterocycles. The lowest BCUT2D eigenvalue weighted by atomic mass is 9.87. The lowest BCUT2D eigenvalue weighted by molar-refractivity contribution is -0.123. The van der Waals surface area contributed by atoms with Gasteiger partial charge in [-0.15, -0.1) is 0 Å². The molecule has 2 saturated heterocycles. The lowest BCUT2D eigenvalue weighted by Gasteiger charge is -2.36. The van der Waals surface area contributed by atoms with Gasteiger partial charge in [0.25, 0.3) is 0 Å². The smallest absolute Gasteiger partial charge is 0.234 e. The maximum Gasteiger partial charge on any atom is 0.234 e. The van der Waals surface area contributed by atoms with Crippen LogP contribution in [0.3, 0.4) is 0 Å². The molecule has 0 spiro atoms. The van der Waals surface area contributed by atoms with Gasteiger partial charge in [-0.25, -0.2) is 9.97 Å². The first-order chi connectivity index (χ1) is 14.2. The molecule has 4 rings (SSSR count). The molecule has 2 unspecified atom stereocenters. The van der Waals surface area contributed by atoms with Crippen molar-refractivity contribution in [2.24, 2.45) is 5.92 Å². The molecule has 8 heteroatoms. The standard InChI is InChI=1S/C21H34N6O2/c1-17-3-2-4-18(13-17)24-21(28)15-25-5-7-26(8-6-25)19-14-20(23-16-22-19)27-9-11-29-12-10-27/h14,16-18H,2-13,15H2,1H3,(H,24,28). The van der Waals surface area contributed by atoms with Crippen LogP contribution in [0.25, 0.3) is 0 Å². The van der Waals surface area contributed by atoms with Crippen LogP contribution in [0, 0.1) is 5.92 Å². The number of nitrogens with zero attached hydrogens (tertiary/aromatic N) is 5. The number of hydrogen-bond donors (Lipinski definition) is 1. The van der Waals surface area contributed by atoms with Crippen LogP contribution in [0.1, 0.15) is 32.6 Å². The highest BCUT2D eigenvalue weighted by atomic mass is 16.5. The molecule has 1 aromatic rings. The number of piperazine rings is 1. The Labute approximate surface area is 173 Å². The summed E-state index contributed by atoms with van der Waals surface area (Å²) in [6.07, 6.45) is 6.44. The number of ether oxygens (including phenoxy) is 1. The number of aromatic nitrogens is 2. The van der Waals surface area contributed by atoms with Gasteiger partial charge in [-0.1, -0.05) is 19.8 Å². The first-order valence-electron chi connectivity index (χ1n) is 11.1. The van der Waals surface area contributed by atoms with Crippen LogP contribution in [0.5, 0.6) is 0 Å². The van der Waals surface area contributed by atoms with E-state index < -0.39 is 0 Å². The van der Waals surface area contributed by atoms with Gasteiger partial charge >= 0.3 is 0 Å². The number of nitrogens with one attached hydrogen (secondary N) is 1. The van der Waals surface area contributed by atoms with Gasteiger partial charge in [0, 0.05) is 51.4 Å². The van der Waals surface area contributed by atoms with Crippen molar-refractivity contribution in [2.45, 2.75) is 38.6 Å². The van der Waals surface area contributed by atoms with E-state index in [9.17, 15) is 4.79 Å². The summed E-state index contributed by atoms with van der Waals surface area (Å²) < 4.78 is 5.43. The third-order valence-corrected chi connectivity index (χ3v) is 6.34. The van der Waals surface area contributed by atoms with Gasteiger partial charge in [0.1, 0.15) is 18.0 Å². The topological polar surface area (TPSA) is 73.8 Å². The van der Waals surface area contributed by atoms with Crippen molar-refractivity contribution in [1.29, 1.82) is 0 Å². The predicted octanol–water partition coefficient (Wildman–Crippen LogP) is 1.13. The highest BCUT2D eigenvalue weighted by Gasteiger charge is 2.24. The van der Waals surface area contributed by atoms with Crippen LogP contribution in [0.15, 0.2) is 12.4 Å². The van der Waals surface area contributed by atoms with Gasteiger partial charge in [0.2, 0.25) is 5.91 Å². The molecule has 1 aromatic heterocycles. The first kappa shape index (κ1) is 20.3. The fourth-order valence-corrected chi connectivity index (χ4v) is 4.65. The molecule has 1 N–H and O–H groups in total. The summed E-state index contributed by atoms with van der Waals surface area (Å²) in [5.74, 6) is 2.85. The fourth-order valence-electron chi connectivity index (χ4n) is 4.65. The van der Waals surface area contributed by atoms with Crippen molar-refractivity contribution in [1.82, 2.24) is 20.2 Å². The van der Waals surface area contributed by atoms with Crippen molar-refractivity contribution in [2.75, 3.05) is 68.8 Å². The summed E-state index contributed by atoms with van der Waals surface area (Å²) >= 11 is 0. The molecule has 3 aliphatic rings. The Bertz CT molecular complexity index is 673. The third kappa shape index (κ3) is 5.57. The van der Waals surface area contributed by atoms with Crippen LogP contribution >= 0.6 is 0 Å². The van der Waals surface area contributed by atoms with Crippen molar-refractivity contribution in [3.05, 3.63) is 12.4 Å². The van der Waals surface area contributed by atoms with Gasteiger partial charge in [-0.05, 0) is 18.8 Å². The van der Waals surface area contributed by atoms with E-state index in [1.54, 1.807) is 6.33 Å². The zero-order valence-electron chi connectivity index (χ0n) is 17.6. The number of morpholine rings is 1. The fraction of sp³-hybridized carbons (Fsp3) is 0.762. The Morgan fingerprint density at radius 2 is 1.76 bits per heavy atom. The van der Waals surface area contributed by atoms with Gasteiger partial charge in [-0.2, -0.15) is 0 Å². The van der Waals surface area contributed by atoms with Crippen molar-refractivity contribution in [3.8, 4) is 0 Å². The van der Waals surface area contributed by atoms with E-state index >= 15 is 0 Å². The Hall–Kier alpha value is -1.93. The molecule has 3 heterocycles. The van der Waals surface area contributed by atoms with Crippen LogP contribution in [0.4, 0.5) is 11.6 Å². The summed E-state index contributed by atoms with van der Waals surface area (Å²) in [7, 11) is 0. The zero-order valence-corrected chi connectivity index (χ0v) is 17.6. The first-order valence-corrected chi connectivity index (χ1v) is 11.1. The molecular formula is C21H34N6O2. The molecule has 0 radical (unpaired) electrons. The summed E-state index contributed by atoms with van der Waals surface area (Å²) in [6.45, 7) is 9.56. The molecule has 1 aliphatic carbocycles. The Kier molecular flexibility index (Phi) is 6.82. The molecule has 0 bridgehead atoms. The highest BCUT2D eigenvalue weighted by Crippen LogP contribution is 2.23. The van der Waals surface area contributed by atoms with Crippen molar-refractivity contribution < 1.29 is 9.53 Å². The SMILES string of the molecule is CC1CCCC(NC(=O)CN2CCN(c3cc(N4CCOCC4)ncn3)CC2)C1. The number of anilines is 2. The molecule has 1 saturated carbocycles. The van der Waals surface area contributed by atoms with Crippen LogP contribution < -0.4 is 15.1 Å². The maximum absolute atomic E-state index is 12.5. The number of carbonyl (C=O) groups is 1. The van der Waals surface area contributed by atoms with Crippen molar-refractivity contribution in [3.63, 3.8) is 0 Å². The summed E-state index contributed by atoms with van der Waals surface area (Å²) in [6, 6.07) is 2.45. The quantitative estimate of drug-likeness (QED) is 0.791. The summed E-state index contributed by atoms with van der Waals surface area (Å²) in [4.78, 5) is 28.2. The highest BCUT2D eigenvalue weighted by molar-refractivity contribution is 5.78. The second-order valence-electron chi connectivity index (χ2n) is 8.63. The second-order valence-corrected chi connectivity index (χ2v) is 8.63. The maximum atomic E-state index is 12.5. The Morgan fingerprint density at radius 1 is 1.07 bits per heavy atom. The van der Waals surface area contributed by atoms with E-state index in [4.69, 9.17) is 4.74 Å². The Balaban J connectivity index is 1.24. The van der Waals surface area contributed by atoms with Gasteiger partial charge < -0.3 is 19.9 Å². The van der Waals surface area contributed by atoms with E-state index in [-0.39, 0.29) is 5.91 Å². The summed E-state index contributed by atoms with van der Waals surface area (Å²) in [5.41, 5.74) is 0. The van der Waals surface area contributed by atoms with E-state index in [1.165, 1.54) is 12.8 Å². The van der Waals surface area contributed by atoms with E-state index in [0.29, 0.717) is 12.6 Å².